The van der Waals surface area contributed by atoms with Crippen molar-refractivity contribution < 1.29 is 14.6 Å². The number of nitrogens with one attached hydrogen (secondary N) is 1. The van der Waals surface area contributed by atoms with Crippen molar-refractivity contribution in [3.8, 4) is 0 Å². The van der Waals surface area contributed by atoms with Crippen LogP contribution in [0.3, 0.4) is 0 Å². The van der Waals surface area contributed by atoms with Crippen molar-refractivity contribution in [3.63, 3.8) is 0 Å². The molecule has 2 aliphatic heterocycles. The van der Waals surface area contributed by atoms with E-state index >= 15 is 0 Å². The molecule has 1 aromatic carbocycles. The quantitative estimate of drug-likeness (QED) is 0.766. The molecule has 2 bridgehead atoms. The summed E-state index contributed by atoms with van der Waals surface area (Å²) in [6.07, 6.45) is 1.17. The van der Waals surface area contributed by atoms with Crippen LogP contribution in [0, 0.1) is 0 Å². The monoisotopic (exact) mass is 341 g/mol. The Morgan fingerprint density at radius 2 is 2.04 bits per heavy atom. The third-order valence-corrected chi connectivity index (χ3v) is 6.00. The molecule has 6 nitrogen and oxygen atoms in total. The molecule has 3 atom stereocenters. The number of morpholine rings is 1. The molecule has 1 aliphatic carbocycles. The number of β-amino-alcohol motifs (C(OH)–C–C–N with tert-alkyl or cyclic N) is 1. The lowest BCUT2D eigenvalue weighted by atomic mass is 9.77. The number of hydrogen-bond donors (Lipinski definition) is 2. The Balaban J connectivity index is 1.49. The van der Waals surface area contributed by atoms with Gasteiger partial charge in [-0.1, -0.05) is 18.2 Å². The maximum atomic E-state index is 13.0. The number of ether oxygens (including phenoxy) is 1. The van der Waals surface area contributed by atoms with E-state index in [0.29, 0.717) is 32.8 Å². The van der Waals surface area contributed by atoms with E-state index in [9.17, 15) is 9.90 Å². The molecule has 2 amide bonds. The zero-order valence-electron chi connectivity index (χ0n) is 14.1. The maximum absolute atomic E-state index is 13.0. The van der Waals surface area contributed by atoms with Gasteiger partial charge in [0.25, 0.3) is 0 Å². The standard InChI is InChI=1S/C19H23N3O3/c23-17-11-22(19(24)21-5-7-25-8-6-21)12-9-14-13-3-1-2-4-16(13)20-18(14)15(17)10-12/h1-4,12,15,17,20,23H,5-11H2/t12-,15+,17-/m0/s1. The number of benzene rings is 1. The number of piperidine rings is 1. The Kier molecular flexibility index (Phi) is 3.50. The van der Waals surface area contributed by atoms with Crippen LogP contribution in [0.1, 0.15) is 23.6 Å². The van der Waals surface area contributed by atoms with Crippen molar-refractivity contribution in [2.24, 2.45) is 0 Å². The van der Waals surface area contributed by atoms with Gasteiger partial charge in [-0.25, -0.2) is 4.79 Å². The zero-order valence-corrected chi connectivity index (χ0v) is 14.1. The van der Waals surface area contributed by atoms with Gasteiger partial charge in [-0.05, 0) is 24.5 Å². The summed E-state index contributed by atoms with van der Waals surface area (Å²) in [6, 6.07) is 8.51. The number of para-hydroxylation sites is 1. The first-order valence-corrected chi connectivity index (χ1v) is 9.13. The van der Waals surface area contributed by atoms with Gasteiger partial charge in [-0.15, -0.1) is 0 Å². The van der Waals surface area contributed by atoms with Crippen LogP contribution < -0.4 is 0 Å². The number of hydrogen-bond acceptors (Lipinski definition) is 3. The molecule has 5 rings (SSSR count). The van der Waals surface area contributed by atoms with E-state index in [1.54, 1.807) is 0 Å². The van der Waals surface area contributed by atoms with Crippen molar-refractivity contribution in [2.45, 2.75) is 30.9 Å². The van der Waals surface area contributed by atoms with E-state index in [1.165, 1.54) is 16.6 Å². The Morgan fingerprint density at radius 3 is 2.88 bits per heavy atom. The summed E-state index contributed by atoms with van der Waals surface area (Å²) in [5, 5.41) is 12.0. The van der Waals surface area contributed by atoms with Crippen LogP contribution >= 0.6 is 0 Å². The van der Waals surface area contributed by atoms with Gasteiger partial charge in [0.15, 0.2) is 0 Å². The normalized spacial score (nSPS) is 28.9. The van der Waals surface area contributed by atoms with Crippen LogP contribution in [-0.2, 0) is 11.2 Å². The van der Waals surface area contributed by atoms with Crippen molar-refractivity contribution in [1.82, 2.24) is 14.8 Å². The Morgan fingerprint density at radius 1 is 1.24 bits per heavy atom. The molecule has 2 saturated heterocycles. The van der Waals surface area contributed by atoms with E-state index in [1.807, 2.05) is 21.9 Å². The van der Waals surface area contributed by atoms with Crippen molar-refractivity contribution >= 4 is 16.9 Å². The van der Waals surface area contributed by atoms with E-state index in [2.05, 4.69) is 17.1 Å². The lowest BCUT2D eigenvalue weighted by molar-refractivity contribution is 0.00287. The molecule has 0 radical (unpaired) electrons. The summed E-state index contributed by atoms with van der Waals surface area (Å²) >= 11 is 0. The van der Waals surface area contributed by atoms with Gasteiger partial charge in [0.1, 0.15) is 0 Å². The number of aromatic amines is 1. The largest absolute Gasteiger partial charge is 0.391 e. The predicted octanol–water partition coefficient (Wildman–Crippen LogP) is 1.69. The molecule has 0 spiro atoms. The highest BCUT2D eigenvalue weighted by Crippen LogP contribution is 2.42. The van der Waals surface area contributed by atoms with Crippen LogP contribution in [0.15, 0.2) is 24.3 Å². The highest BCUT2D eigenvalue weighted by Gasteiger charge is 2.44. The van der Waals surface area contributed by atoms with Gasteiger partial charge >= 0.3 is 6.03 Å². The molecular weight excluding hydrogens is 318 g/mol. The number of rotatable bonds is 0. The topological polar surface area (TPSA) is 68.8 Å². The molecule has 2 N–H and O–H groups in total. The fraction of sp³-hybridized carbons (Fsp3) is 0.526. The number of nitrogens with zero attached hydrogens (tertiary/aromatic N) is 2. The Labute approximate surface area is 146 Å². The van der Waals surface area contributed by atoms with Crippen molar-refractivity contribution in [3.05, 3.63) is 35.5 Å². The zero-order chi connectivity index (χ0) is 17.0. The number of carbonyl (C=O) groups is 1. The Bertz CT molecular complexity index is 811. The molecule has 3 aliphatic rings. The van der Waals surface area contributed by atoms with Crippen LogP contribution in [-0.4, -0.2) is 70.9 Å². The molecule has 0 saturated carbocycles. The fourth-order valence-corrected chi connectivity index (χ4v) is 4.72. The number of carbonyl (C=O) groups excluding carboxylic acids is 1. The second kappa shape index (κ2) is 5.75. The van der Waals surface area contributed by atoms with Crippen LogP contribution in [0.4, 0.5) is 4.79 Å². The summed E-state index contributed by atoms with van der Waals surface area (Å²) in [5.74, 6) is 0.0925. The number of aromatic nitrogens is 1. The molecule has 0 unspecified atom stereocenters. The molecule has 2 fully saturated rings. The fourth-order valence-electron chi connectivity index (χ4n) is 4.72. The van der Waals surface area contributed by atoms with Gasteiger partial charge in [0, 0.05) is 48.2 Å². The van der Waals surface area contributed by atoms with Crippen molar-refractivity contribution in [1.29, 1.82) is 0 Å². The number of likely N-dealkylation sites (tertiary alicyclic amines) is 1. The average molecular weight is 341 g/mol. The third-order valence-electron chi connectivity index (χ3n) is 6.00. The minimum Gasteiger partial charge on any atom is -0.391 e. The van der Waals surface area contributed by atoms with Crippen LogP contribution in [0.25, 0.3) is 10.9 Å². The molecule has 3 heterocycles. The summed E-state index contributed by atoms with van der Waals surface area (Å²) in [7, 11) is 0. The summed E-state index contributed by atoms with van der Waals surface area (Å²) in [5.41, 5.74) is 3.57. The minimum absolute atomic E-state index is 0.0501. The van der Waals surface area contributed by atoms with Crippen LogP contribution in [0.2, 0.25) is 0 Å². The average Bonchev–Trinajstić information content (AvgIpc) is 3.03. The van der Waals surface area contributed by atoms with Gasteiger partial charge in [-0.3, -0.25) is 0 Å². The molecule has 1 aromatic heterocycles. The number of aliphatic hydroxyl groups is 1. The van der Waals surface area contributed by atoms with Gasteiger partial charge in [0.2, 0.25) is 0 Å². The Hall–Kier alpha value is -2.05. The summed E-state index contributed by atoms with van der Waals surface area (Å²) < 4.78 is 5.36. The highest BCUT2D eigenvalue weighted by molar-refractivity contribution is 5.85. The van der Waals surface area contributed by atoms with E-state index in [-0.39, 0.29) is 18.0 Å². The summed E-state index contributed by atoms with van der Waals surface area (Å²) in [4.78, 5) is 20.3. The molecule has 25 heavy (non-hydrogen) atoms. The number of H-pyrrole nitrogens is 1. The first-order valence-electron chi connectivity index (χ1n) is 9.13. The van der Waals surface area contributed by atoms with Crippen LogP contribution in [0.5, 0.6) is 0 Å². The lowest BCUT2D eigenvalue weighted by Crippen LogP contribution is -2.59. The van der Waals surface area contributed by atoms with Crippen molar-refractivity contribution in [2.75, 3.05) is 32.8 Å². The number of amides is 2. The summed E-state index contributed by atoms with van der Waals surface area (Å²) in [6.45, 7) is 2.89. The highest BCUT2D eigenvalue weighted by atomic mass is 16.5. The minimum atomic E-state index is -0.520. The first kappa shape index (κ1) is 15.2. The van der Waals surface area contributed by atoms with E-state index in [4.69, 9.17) is 4.74 Å². The number of fused-ring (bicyclic) bond motifs is 6. The number of aliphatic hydroxyl groups excluding tert-OH is 1. The maximum Gasteiger partial charge on any atom is 0.320 e. The van der Waals surface area contributed by atoms with Gasteiger partial charge in [-0.2, -0.15) is 0 Å². The second-order valence-electron chi connectivity index (χ2n) is 7.36. The molecule has 2 aromatic rings. The predicted molar refractivity (Wildman–Crippen MR) is 93.6 cm³/mol. The second-order valence-corrected chi connectivity index (χ2v) is 7.36. The molecule has 132 valence electrons. The van der Waals surface area contributed by atoms with Gasteiger partial charge < -0.3 is 24.6 Å². The smallest absolute Gasteiger partial charge is 0.320 e. The van der Waals surface area contributed by atoms with E-state index in [0.717, 1.165) is 18.4 Å². The first-order chi connectivity index (χ1) is 12.2. The molecule has 6 heteroatoms. The van der Waals surface area contributed by atoms with E-state index < -0.39 is 6.10 Å². The molecular formula is C19H23N3O3. The third kappa shape index (κ3) is 2.35. The SMILES string of the molecule is O=C(N1CCOCC1)N1C[C@H](O)[C@H]2C[C@@H]1Cc1c2[nH]c2ccccc12. The van der Waals surface area contributed by atoms with Gasteiger partial charge in [0.05, 0.1) is 19.3 Å². The number of urea groups is 1. The lowest BCUT2D eigenvalue weighted by Gasteiger charge is -2.47.